The molecule has 1 fully saturated rings. The summed E-state index contributed by atoms with van der Waals surface area (Å²) in [6, 6.07) is 34.9. The summed E-state index contributed by atoms with van der Waals surface area (Å²) in [5, 5.41) is 13.0. The fourth-order valence-electron chi connectivity index (χ4n) is 5.71. The zero-order chi connectivity index (χ0) is 34.3. The van der Waals surface area contributed by atoms with Crippen LogP contribution < -0.4 is 5.32 Å². The van der Waals surface area contributed by atoms with E-state index in [0.717, 1.165) is 27.9 Å². The third-order valence-corrected chi connectivity index (χ3v) is 9.24. The van der Waals surface area contributed by atoms with Crippen LogP contribution >= 0.6 is 11.8 Å². The molecule has 1 amide bonds. The van der Waals surface area contributed by atoms with Crippen molar-refractivity contribution in [3.05, 3.63) is 126 Å². The predicted octanol–water partition coefficient (Wildman–Crippen LogP) is 7.97. The van der Waals surface area contributed by atoms with E-state index < -0.39 is 24.3 Å². The number of amides is 1. The van der Waals surface area contributed by atoms with E-state index in [1.807, 2.05) is 97.1 Å². The van der Waals surface area contributed by atoms with Crippen molar-refractivity contribution in [2.24, 2.45) is 5.92 Å². The molecular formula is C39H38N2O7S. The van der Waals surface area contributed by atoms with Gasteiger partial charge < -0.3 is 29.1 Å². The molecule has 1 aromatic heterocycles. The number of nitrogens with zero attached hydrogens (tertiary/aromatic N) is 1. The number of nitrogens with one attached hydrogen (secondary N) is 1. The molecule has 49 heavy (non-hydrogen) atoms. The van der Waals surface area contributed by atoms with Gasteiger partial charge in [0.05, 0.1) is 18.8 Å². The first-order valence-electron chi connectivity index (χ1n) is 16.1. The minimum absolute atomic E-state index is 0.0486. The van der Waals surface area contributed by atoms with Crippen LogP contribution in [-0.2, 0) is 30.4 Å². The second kappa shape index (κ2) is 15.7. The van der Waals surface area contributed by atoms with E-state index >= 15 is 0 Å². The average Bonchev–Trinajstić information content (AvgIpc) is 3.56. The van der Waals surface area contributed by atoms with Gasteiger partial charge in [-0.2, -0.15) is 0 Å². The zero-order valence-corrected chi connectivity index (χ0v) is 28.3. The SMILES string of the molecule is CC(=O)O[C@@H](C)C(=O)Nc1cccc([C@@H]2O[C@H](CSc3nc(-c4ccccc4)c(-c4ccccc4)o3)[C@H](C)[C@H](c3ccc(CO)cc3)O2)c1. The summed E-state index contributed by atoms with van der Waals surface area (Å²) in [6.07, 6.45) is -2.31. The molecule has 4 aromatic carbocycles. The van der Waals surface area contributed by atoms with Gasteiger partial charge in [0.1, 0.15) is 5.69 Å². The number of rotatable bonds is 11. The van der Waals surface area contributed by atoms with Crippen LogP contribution in [0.3, 0.4) is 0 Å². The first-order chi connectivity index (χ1) is 23.8. The Kier molecular flexibility index (Phi) is 10.9. The monoisotopic (exact) mass is 678 g/mol. The van der Waals surface area contributed by atoms with E-state index in [9.17, 15) is 14.7 Å². The van der Waals surface area contributed by atoms with Gasteiger partial charge in [-0.25, -0.2) is 4.98 Å². The van der Waals surface area contributed by atoms with Crippen molar-refractivity contribution in [2.75, 3.05) is 11.1 Å². The maximum atomic E-state index is 12.7. The van der Waals surface area contributed by atoms with Crippen molar-refractivity contribution in [3.63, 3.8) is 0 Å². The minimum atomic E-state index is -0.947. The number of thioether (sulfide) groups is 1. The summed E-state index contributed by atoms with van der Waals surface area (Å²) in [5.41, 5.74) is 5.68. The van der Waals surface area contributed by atoms with Gasteiger partial charge in [-0.3, -0.25) is 9.59 Å². The van der Waals surface area contributed by atoms with Crippen LogP contribution in [0, 0.1) is 5.92 Å². The number of aliphatic hydroxyl groups is 1. The van der Waals surface area contributed by atoms with Crippen molar-refractivity contribution in [1.29, 1.82) is 0 Å². The molecule has 6 rings (SSSR count). The lowest BCUT2D eigenvalue weighted by atomic mass is 9.91. The first-order valence-corrected chi connectivity index (χ1v) is 17.1. The average molecular weight is 679 g/mol. The second-order valence-electron chi connectivity index (χ2n) is 11.9. The Hall–Kier alpha value is -4.74. The van der Waals surface area contributed by atoms with Crippen LogP contribution in [0.25, 0.3) is 22.6 Å². The number of carbonyl (C=O) groups is 2. The zero-order valence-electron chi connectivity index (χ0n) is 27.4. The number of ether oxygens (including phenoxy) is 3. The molecule has 5 aromatic rings. The van der Waals surface area contributed by atoms with Crippen LogP contribution in [0.15, 0.2) is 119 Å². The van der Waals surface area contributed by atoms with Gasteiger partial charge >= 0.3 is 5.97 Å². The number of oxazole rings is 1. The molecule has 1 saturated heterocycles. The van der Waals surface area contributed by atoms with Crippen LogP contribution in [0.2, 0.25) is 0 Å². The third kappa shape index (κ3) is 8.29. The molecule has 0 unspecified atom stereocenters. The number of anilines is 1. The van der Waals surface area contributed by atoms with Gasteiger partial charge in [0.2, 0.25) is 0 Å². The number of esters is 1. The molecule has 252 valence electrons. The van der Waals surface area contributed by atoms with E-state index in [-0.39, 0.29) is 24.7 Å². The van der Waals surface area contributed by atoms with Crippen molar-refractivity contribution < 1.29 is 33.3 Å². The quantitative estimate of drug-likeness (QED) is 0.106. The highest BCUT2D eigenvalue weighted by atomic mass is 32.2. The summed E-state index contributed by atoms with van der Waals surface area (Å²) in [4.78, 5) is 28.9. The van der Waals surface area contributed by atoms with E-state index in [1.54, 1.807) is 12.1 Å². The Morgan fingerprint density at radius 3 is 2.27 bits per heavy atom. The van der Waals surface area contributed by atoms with Crippen molar-refractivity contribution in [2.45, 2.75) is 57.2 Å². The number of aromatic nitrogens is 1. The number of hydrogen-bond acceptors (Lipinski definition) is 9. The van der Waals surface area contributed by atoms with Crippen LogP contribution in [-0.4, -0.2) is 39.9 Å². The maximum Gasteiger partial charge on any atom is 0.303 e. The molecule has 1 aliphatic heterocycles. The minimum Gasteiger partial charge on any atom is -0.453 e. The fraction of sp³-hybridized carbons (Fsp3) is 0.256. The molecular weight excluding hydrogens is 641 g/mol. The van der Waals surface area contributed by atoms with Crippen molar-refractivity contribution in [1.82, 2.24) is 4.98 Å². The van der Waals surface area contributed by atoms with Crippen molar-refractivity contribution in [3.8, 4) is 22.6 Å². The molecule has 9 nitrogen and oxygen atoms in total. The highest BCUT2D eigenvalue weighted by Gasteiger charge is 2.39. The summed E-state index contributed by atoms with van der Waals surface area (Å²) in [6.45, 7) is 4.83. The number of carbonyl (C=O) groups excluding carboxylic acids is 2. The molecule has 0 bridgehead atoms. The van der Waals surface area contributed by atoms with Gasteiger partial charge in [-0.1, -0.05) is 116 Å². The number of hydrogen-bond donors (Lipinski definition) is 2. The van der Waals surface area contributed by atoms with Gasteiger partial charge in [0, 0.05) is 41.0 Å². The molecule has 0 saturated carbocycles. The molecule has 0 aliphatic carbocycles. The molecule has 1 aliphatic rings. The highest BCUT2D eigenvalue weighted by molar-refractivity contribution is 7.99. The van der Waals surface area contributed by atoms with E-state index in [1.165, 1.54) is 25.6 Å². The number of aliphatic hydroxyl groups excluding tert-OH is 1. The fourth-order valence-corrected chi connectivity index (χ4v) is 6.70. The summed E-state index contributed by atoms with van der Waals surface area (Å²) in [7, 11) is 0. The Bertz CT molecular complexity index is 1810. The first kappa shape index (κ1) is 34.1. The highest BCUT2D eigenvalue weighted by Crippen LogP contribution is 2.44. The van der Waals surface area contributed by atoms with Gasteiger partial charge in [-0.15, -0.1) is 0 Å². The Morgan fingerprint density at radius 2 is 1.59 bits per heavy atom. The smallest absolute Gasteiger partial charge is 0.303 e. The van der Waals surface area contributed by atoms with Crippen molar-refractivity contribution >= 4 is 29.3 Å². The second-order valence-corrected chi connectivity index (χ2v) is 12.9. The Morgan fingerprint density at radius 1 is 0.898 bits per heavy atom. The standard InChI is InChI=1S/C39H38N2O7S/c1-24-33(23-49-39-41-34(28-11-6-4-7-12-28)36(48-39)29-13-8-5-9-14-29)46-38(47-35(24)30-19-17-27(22-42)18-20-30)31-15-10-16-32(21-31)40-37(44)25(2)45-26(3)43/h4-21,24-25,33,35,38,42H,22-23H2,1-3H3,(H,40,44)/t24-,25-,33+,35+,38+/m0/s1. The number of benzene rings is 4. The lowest BCUT2D eigenvalue weighted by Crippen LogP contribution is -2.38. The molecule has 5 atom stereocenters. The molecule has 0 radical (unpaired) electrons. The van der Waals surface area contributed by atoms with E-state index in [0.29, 0.717) is 28.0 Å². The van der Waals surface area contributed by atoms with E-state index in [2.05, 4.69) is 12.2 Å². The van der Waals surface area contributed by atoms with Gasteiger partial charge in [-0.05, 0) is 30.2 Å². The van der Waals surface area contributed by atoms with Crippen LogP contribution in [0.5, 0.6) is 0 Å². The van der Waals surface area contributed by atoms with Crippen LogP contribution in [0.4, 0.5) is 5.69 Å². The Balaban J connectivity index is 1.26. The summed E-state index contributed by atoms with van der Waals surface area (Å²) in [5.74, 6) is 0.197. The van der Waals surface area contributed by atoms with Gasteiger partial charge in [0.25, 0.3) is 11.1 Å². The summed E-state index contributed by atoms with van der Waals surface area (Å²) >= 11 is 1.49. The largest absolute Gasteiger partial charge is 0.453 e. The molecule has 0 spiro atoms. The topological polar surface area (TPSA) is 120 Å². The Labute approximate surface area is 289 Å². The normalized spacial score (nSPS) is 19.6. The lowest BCUT2D eigenvalue weighted by molar-refractivity contribution is -0.268. The predicted molar refractivity (Wildman–Crippen MR) is 187 cm³/mol. The molecule has 10 heteroatoms. The van der Waals surface area contributed by atoms with Gasteiger partial charge in [0.15, 0.2) is 18.2 Å². The van der Waals surface area contributed by atoms with E-state index in [4.69, 9.17) is 23.6 Å². The molecule has 2 heterocycles. The van der Waals surface area contributed by atoms with Crippen LogP contribution in [0.1, 0.15) is 49.9 Å². The molecule has 2 N–H and O–H groups in total. The third-order valence-electron chi connectivity index (χ3n) is 8.32. The lowest BCUT2D eigenvalue weighted by Gasteiger charge is -2.41. The summed E-state index contributed by atoms with van der Waals surface area (Å²) < 4.78 is 24.7. The maximum absolute atomic E-state index is 12.7.